The number of furan rings is 1. The number of carbonyl (C=O) groups is 1. The number of hydrogen-bond donors (Lipinski definition) is 0. The molecule has 3 heterocycles. The van der Waals surface area contributed by atoms with Crippen molar-refractivity contribution in [2.24, 2.45) is 0 Å². The van der Waals surface area contributed by atoms with Crippen LogP contribution >= 0.6 is 0 Å². The lowest BCUT2D eigenvalue weighted by Gasteiger charge is -2.15. The standard InChI is InChI=1S/C24H18O6/c1-2-27-24(26)22-19(18-13-12-16(28-18)14-8-4-3-5-9-14)20-21(30-22)15-10-6-7-11-17(15)29-23(20)25/h3-13,19,22H,2H2,1H3/t19-,22+/m1/s1. The molecule has 0 amide bonds. The van der Waals surface area contributed by atoms with Gasteiger partial charge in [-0.15, -0.1) is 0 Å². The van der Waals surface area contributed by atoms with Crippen molar-refractivity contribution < 1.29 is 23.1 Å². The molecule has 4 aromatic rings. The van der Waals surface area contributed by atoms with E-state index in [-0.39, 0.29) is 12.2 Å². The lowest BCUT2D eigenvalue weighted by Crippen LogP contribution is -2.32. The summed E-state index contributed by atoms with van der Waals surface area (Å²) in [4.78, 5) is 25.6. The highest BCUT2D eigenvalue weighted by Gasteiger charge is 2.46. The molecular formula is C24H18O6. The van der Waals surface area contributed by atoms with Gasteiger partial charge in [-0.3, -0.25) is 0 Å². The van der Waals surface area contributed by atoms with Gasteiger partial charge < -0.3 is 18.3 Å². The molecule has 1 aliphatic rings. The van der Waals surface area contributed by atoms with Crippen LogP contribution in [-0.2, 0) is 9.53 Å². The minimum atomic E-state index is -1.04. The van der Waals surface area contributed by atoms with Crippen LogP contribution in [0.25, 0.3) is 22.3 Å². The highest BCUT2D eigenvalue weighted by Crippen LogP contribution is 2.45. The summed E-state index contributed by atoms with van der Waals surface area (Å²) in [5.41, 5.74) is 0.994. The van der Waals surface area contributed by atoms with Crippen molar-refractivity contribution in [1.29, 1.82) is 0 Å². The Labute approximate surface area is 171 Å². The smallest absolute Gasteiger partial charge is 0.348 e. The second-order valence-corrected chi connectivity index (χ2v) is 6.96. The minimum Gasteiger partial charge on any atom is -0.476 e. The van der Waals surface area contributed by atoms with E-state index in [1.54, 1.807) is 31.2 Å². The molecule has 150 valence electrons. The van der Waals surface area contributed by atoms with Crippen molar-refractivity contribution in [1.82, 2.24) is 0 Å². The molecule has 0 bridgehead atoms. The zero-order valence-electron chi connectivity index (χ0n) is 16.2. The first-order valence-electron chi connectivity index (χ1n) is 9.71. The summed E-state index contributed by atoms with van der Waals surface area (Å²) in [5, 5.41) is 0.624. The molecule has 0 saturated carbocycles. The highest BCUT2D eigenvalue weighted by molar-refractivity contribution is 5.88. The number of hydrogen-bond acceptors (Lipinski definition) is 6. The molecule has 0 aliphatic carbocycles. The summed E-state index contributed by atoms with van der Waals surface area (Å²) in [6.45, 7) is 1.92. The third-order valence-corrected chi connectivity index (χ3v) is 5.17. The predicted octanol–water partition coefficient (Wildman–Crippen LogP) is 4.51. The molecule has 0 N–H and O–H groups in total. The average Bonchev–Trinajstić information content (AvgIpc) is 3.40. The number of esters is 1. The molecule has 2 atom stereocenters. The Morgan fingerprint density at radius 2 is 1.73 bits per heavy atom. The van der Waals surface area contributed by atoms with E-state index in [1.165, 1.54) is 0 Å². The molecule has 30 heavy (non-hydrogen) atoms. The molecule has 2 aromatic heterocycles. The Hall–Kier alpha value is -3.80. The van der Waals surface area contributed by atoms with Gasteiger partial charge in [0.2, 0.25) is 6.10 Å². The Balaban J connectivity index is 1.67. The van der Waals surface area contributed by atoms with Gasteiger partial charge in [0.25, 0.3) is 0 Å². The first-order chi connectivity index (χ1) is 14.7. The van der Waals surface area contributed by atoms with Gasteiger partial charge in [-0.1, -0.05) is 42.5 Å². The molecule has 6 heteroatoms. The number of ether oxygens (including phenoxy) is 2. The van der Waals surface area contributed by atoms with Crippen LogP contribution < -0.4 is 10.4 Å². The fourth-order valence-corrected chi connectivity index (χ4v) is 3.85. The Kier molecular flexibility index (Phi) is 4.39. The maximum absolute atomic E-state index is 12.9. The van der Waals surface area contributed by atoms with Gasteiger partial charge in [0, 0.05) is 5.56 Å². The third kappa shape index (κ3) is 2.88. The molecule has 0 saturated heterocycles. The van der Waals surface area contributed by atoms with Gasteiger partial charge in [0.05, 0.1) is 17.6 Å². The fourth-order valence-electron chi connectivity index (χ4n) is 3.85. The number of para-hydroxylation sites is 1. The van der Waals surface area contributed by atoms with Crippen LogP contribution in [0.3, 0.4) is 0 Å². The van der Waals surface area contributed by atoms with Gasteiger partial charge in [-0.05, 0) is 31.2 Å². The minimum absolute atomic E-state index is 0.199. The van der Waals surface area contributed by atoms with Gasteiger partial charge in [0.1, 0.15) is 28.8 Å². The van der Waals surface area contributed by atoms with E-state index in [2.05, 4.69) is 0 Å². The Morgan fingerprint density at radius 1 is 0.967 bits per heavy atom. The maximum Gasteiger partial charge on any atom is 0.348 e. The maximum atomic E-state index is 12.9. The second-order valence-electron chi connectivity index (χ2n) is 6.96. The van der Waals surface area contributed by atoms with Crippen molar-refractivity contribution in [3.8, 4) is 17.1 Å². The van der Waals surface area contributed by atoms with Crippen LogP contribution in [-0.4, -0.2) is 18.7 Å². The van der Waals surface area contributed by atoms with Crippen LogP contribution in [0.4, 0.5) is 0 Å². The monoisotopic (exact) mass is 402 g/mol. The quantitative estimate of drug-likeness (QED) is 0.369. The van der Waals surface area contributed by atoms with E-state index >= 15 is 0 Å². The van der Waals surface area contributed by atoms with Crippen molar-refractivity contribution in [2.75, 3.05) is 6.61 Å². The topological polar surface area (TPSA) is 78.9 Å². The number of carbonyl (C=O) groups excluding carboxylic acids is 1. The summed E-state index contributed by atoms with van der Waals surface area (Å²) >= 11 is 0. The summed E-state index contributed by atoms with van der Waals surface area (Å²) in [6.07, 6.45) is -1.04. The summed E-state index contributed by atoms with van der Waals surface area (Å²) in [7, 11) is 0. The van der Waals surface area contributed by atoms with Crippen LogP contribution in [0.2, 0.25) is 0 Å². The van der Waals surface area contributed by atoms with E-state index in [4.69, 9.17) is 18.3 Å². The molecule has 0 fully saturated rings. The number of fused-ring (bicyclic) bond motifs is 3. The average molecular weight is 402 g/mol. The normalized spacial score (nSPS) is 17.5. The molecular weight excluding hydrogens is 384 g/mol. The molecule has 5 rings (SSSR count). The van der Waals surface area contributed by atoms with E-state index in [0.29, 0.717) is 28.2 Å². The van der Waals surface area contributed by atoms with Crippen LogP contribution in [0, 0.1) is 0 Å². The molecule has 2 aromatic carbocycles. The fraction of sp³-hybridized carbons (Fsp3) is 0.167. The van der Waals surface area contributed by atoms with Gasteiger partial charge in [0.15, 0.2) is 0 Å². The first-order valence-corrected chi connectivity index (χ1v) is 9.71. The number of benzene rings is 2. The SMILES string of the molecule is CCOC(=O)[C@H]1Oc2c(c(=O)oc3ccccc23)[C@H]1c1ccc(-c2ccccc2)o1. The number of rotatable bonds is 4. The molecule has 0 unspecified atom stereocenters. The zero-order valence-corrected chi connectivity index (χ0v) is 16.2. The van der Waals surface area contributed by atoms with Gasteiger partial charge in [-0.2, -0.15) is 0 Å². The van der Waals surface area contributed by atoms with E-state index in [0.717, 1.165) is 5.56 Å². The molecule has 0 spiro atoms. The van der Waals surface area contributed by atoms with Crippen LogP contribution in [0.1, 0.15) is 24.2 Å². The molecule has 0 radical (unpaired) electrons. The Morgan fingerprint density at radius 3 is 2.53 bits per heavy atom. The highest BCUT2D eigenvalue weighted by atomic mass is 16.6. The third-order valence-electron chi connectivity index (χ3n) is 5.17. The summed E-state index contributed by atoms with van der Waals surface area (Å²) in [6, 6.07) is 20.2. The van der Waals surface area contributed by atoms with Crippen molar-refractivity contribution in [3.05, 3.63) is 88.5 Å². The largest absolute Gasteiger partial charge is 0.476 e. The predicted molar refractivity (Wildman–Crippen MR) is 110 cm³/mol. The zero-order chi connectivity index (χ0) is 20.7. The molecule has 6 nitrogen and oxygen atoms in total. The molecule has 1 aliphatic heterocycles. The first kappa shape index (κ1) is 18.2. The van der Waals surface area contributed by atoms with Crippen molar-refractivity contribution in [2.45, 2.75) is 18.9 Å². The van der Waals surface area contributed by atoms with Gasteiger partial charge in [-0.25, -0.2) is 9.59 Å². The summed E-state index contributed by atoms with van der Waals surface area (Å²) in [5.74, 6) is 0.0832. The van der Waals surface area contributed by atoms with Crippen molar-refractivity contribution in [3.63, 3.8) is 0 Å². The van der Waals surface area contributed by atoms with Gasteiger partial charge >= 0.3 is 11.6 Å². The lowest BCUT2D eigenvalue weighted by molar-refractivity contribution is -0.151. The van der Waals surface area contributed by atoms with Crippen molar-refractivity contribution >= 4 is 16.9 Å². The summed E-state index contributed by atoms with van der Waals surface area (Å²) < 4.78 is 22.8. The van der Waals surface area contributed by atoms with E-state index < -0.39 is 23.6 Å². The van der Waals surface area contributed by atoms with E-state index in [9.17, 15) is 9.59 Å². The Bertz CT molecular complexity index is 1280. The van der Waals surface area contributed by atoms with Crippen LogP contribution in [0.15, 0.2) is 80.4 Å². The van der Waals surface area contributed by atoms with E-state index in [1.807, 2.05) is 42.5 Å². The second kappa shape index (κ2) is 7.22. The lowest BCUT2D eigenvalue weighted by atomic mass is 9.93. The van der Waals surface area contributed by atoms with Crippen LogP contribution in [0.5, 0.6) is 5.75 Å².